The highest BCUT2D eigenvalue weighted by molar-refractivity contribution is 5.42. The number of hydrogen-bond donors (Lipinski definition) is 0. The first-order valence-electron chi connectivity index (χ1n) is 6.37. The number of benzene rings is 1. The summed E-state index contributed by atoms with van der Waals surface area (Å²) in [6, 6.07) is 11.7. The molecule has 2 rings (SSSR count). The van der Waals surface area contributed by atoms with Crippen LogP contribution in [0.15, 0.2) is 42.7 Å². The van der Waals surface area contributed by atoms with Gasteiger partial charge in [-0.05, 0) is 23.8 Å². The minimum atomic E-state index is 0.666. The van der Waals surface area contributed by atoms with Gasteiger partial charge < -0.3 is 9.47 Å². The van der Waals surface area contributed by atoms with E-state index in [0.29, 0.717) is 5.56 Å². The summed E-state index contributed by atoms with van der Waals surface area (Å²) in [4.78, 5) is 0. The lowest BCUT2D eigenvalue weighted by molar-refractivity contribution is -0.696. The van der Waals surface area contributed by atoms with E-state index in [9.17, 15) is 0 Å². The summed E-state index contributed by atoms with van der Waals surface area (Å²) in [7, 11) is 3.26. The number of pyridine rings is 1. The maximum Gasteiger partial charge on any atom is 0.186 e. The van der Waals surface area contributed by atoms with Gasteiger partial charge in [0.05, 0.1) is 14.2 Å². The molecule has 1 heterocycles. The Morgan fingerprint density at radius 1 is 1.15 bits per heavy atom. The maximum absolute atomic E-state index is 8.88. The SMILES string of the molecule is COc1ccc(CC[n+]2cccc(C#N)c2)cc1OC. The number of aryl methyl sites for hydroxylation is 2. The summed E-state index contributed by atoms with van der Waals surface area (Å²) in [6.45, 7) is 0.811. The molecule has 0 N–H and O–H groups in total. The minimum absolute atomic E-state index is 0.666. The summed E-state index contributed by atoms with van der Waals surface area (Å²) in [5.74, 6) is 1.47. The second-order valence-electron chi connectivity index (χ2n) is 4.38. The molecule has 0 saturated carbocycles. The lowest BCUT2D eigenvalue weighted by Gasteiger charge is -2.08. The summed E-state index contributed by atoms with van der Waals surface area (Å²) >= 11 is 0. The molecule has 0 unspecified atom stereocenters. The van der Waals surface area contributed by atoms with Crippen LogP contribution in [0.4, 0.5) is 0 Å². The van der Waals surface area contributed by atoms with E-state index in [2.05, 4.69) is 6.07 Å². The molecule has 4 nitrogen and oxygen atoms in total. The normalized spacial score (nSPS) is 9.85. The number of nitrogens with zero attached hydrogens (tertiary/aromatic N) is 2. The van der Waals surface area contributed by atoms with E-state index in [1.165, 1.54) is 0 Å². The second kappa shape index (κ2) is 6.58. The first-order valence-corrected chi connectivity index (χ1v) is 6.37. The van der Waals surface area contributed by atoms with Crippen molar-refractivity contribution < 1.29 is 14.0 Å². The third-order valence-electron chi connectivity index (χ3n) is 3.09. The van der Waals surface area contributed by atoms with Crippen molar-refractivity contribution in [2.75, 3.05) is 14.2 Å². The quantitative estimate of drug-likeness (QED) is 0.781. The minimum Gasteiger partial charge on any atom is -0.493 e. The summed E-state index contributed by atoms with van der Waals surface area (Å²) < 4.78 is 12.5. The number of ether oxygens (including phenoxy) is 2. The van der Waals surface area contributed by atoms with Gasteiger partial charge in [0.15, 0.2) is 30.4 Å². The van der Waals surface area contributed by atoms with Crippen LogP contribution in [0.25, 0.3) is 0 Å². The summed E-state index contributed by atoms with van der Waals surface area (Å²) in [5, 5.41) is 8.88. The van der Waals surface area contributed by atoms with Gasteiger partial charge in [0.1, 0.15) is 11.6 Å². The average Bonchev–Trinajstić information content (AvgIpc) is 2.52. The highest BCUT2D eigenvalue weighted by atomic mass is 16.5. The molecule has 4 heteroatoms. The van der Waals surface area contributed by atoms with Crippen molar-refractivity contribution in [2.24, 2.45) is 0 Å². The molecule has 0 fully saturated rings. The number of nitriles is 1. The van der Waals surface area contributed by atoms with E-state index in [-0.39, 0.29) is 0 Å². The fraction of sp³-hybridized carbons (Fsp3) is 0.250. The molecule has 0 aliphatic rings. The largest absolute Gasteiger partial charge is 0.493 e. The average molecular weight is 269 g/mol. The predicted molar refractivity (Wildman–Crippen MR) is 74.6 cm³/mol. The van der Waals surface area contributed by atoms with Gasteiger partial charge in [-0.15, -0.1) is 0 Å². The van der Waals surface area contributed by atoms with Crippen LogP contribution < -0.4 is 14.0 Å². The van der Waals surface area contributed by atoms with Gasteiger partial charge in [0.2, 0.25) is 0 Å². The van der Waals surface area contributed by atoms with Crippen molar-refractivity contribution in [1.82, 2.24) is 0 Å². The molecule has 102 valence electrons. The van der Waals surface area contributed by atoms with E-state index in [1.54, 1.807) is 20.3 Å². The van der Waals surface area contributed by atoms with Crippen LogP contribution in [0.5, 0.6) is 11.5 Å². The third-order valence-corrected chi connectivity index (χ3v) is 3.09. The molecule has 0 bridgehead atoms. The van der Waals surface area contributed by atoms with Crippen LogP contribution >= 0.6 is 0 Å². The molecule has 0 radical (unpaired) electrons. The molecular weight excluding hydrogens is 252 g/mol. The van der Waals surface area contributed by atoms with Crippen LogP contribution in [-0.2, 0) is 13.0 Å². The molecule has 0 atom stereocenters. The van der Waals surface area contributed by atoms with Gasteiger partial charge in [-0.2, -0.15) is 5.26 Å². The highest BCUT2D eigenvalue weighted by Crippen LogP contribution is 2.27. The van der Waals surface area contributed by atoms with Gasteiger partial charge in [0.25, 0.3) is 0 Å². The fourth-order valence-electron chi connectivity index (χ4n) is 2.02. The Kier molecular flexibility index (Phi) is 4.56. The van der Waals surface area contributed by atoms with E-state index >= 15 is 0 Å². The van der Waals surface area contributed by atoms with Crippen LogP contribution in [0.1, 0.15) is 11.1 Å². The van der Waals surface area contributed by atoms with Crippen molar-refractivity contribution in [1.29, 1.82) is 5.26 Å². The Morgan fingerprint density at radius 2 is 1.95 bits per heavy atom. The second-order valence-corrected chi connectivity index (χ2v) is 4.38. The highest BCUT2D eigenvalue weighted by Gasteiger charge is 2.07. The Morgan fingerprint density at radius 3 is 2.65 bits per heavy atom. The number of methoxy groups -OCH3 is 2. The first-order chi connectivity index (χ1) is 9.76. The number of rotatable bonds is 5. The van der Waals surface area contributed by atoms with E-state index < -0.39 is 0 Å². The lowest BCUT2D eigenvalue weighted by atomic mass is 10.1. The zero-order chi connectivity index (χ0) is 14.4. The summed E-state index contributed by atoms with van der Waals surface area (Å²) in [5.41, 5.74) is 1.83. The Hall–Kier alpha value is -2.54. The Labute approximate surface area is 118 Å². The summed E-state index contributed by atoms with van der Waals surface area (Å²) in [6.07, 6.45) is 4.67. The molecule has 20 heavy (non-hydrogen) atoms. The van der Waals surface area contributed by atoms with Crippen molar-refractivity contribution in [3.05, 3.63) is 53.9 Å². The van der Waals surface area contributed by atoms with E-state index in [0.717, 1.165) is 30.0 Å². The van der Waals surface area contributed by atoms with Crippen molar-refractivity contribution in [3.63, 3.8) is 0 Å². The third kappa shape index (κ3) is 3.27. The Balaban J connectivity index is 2.09. The fourth-order valence-corrected chi connectivity index (χ4v) is 2.02. The van der Waals surface area contributed by atoms with Crippen molar-refractivity contribution >= 4 is 0 Å². The van der Waals surface area contributed by atoms with Crippen molar-refractivity contribution in [2.45, 2.75) is 13.0 Å². The molecule has 0 aliphatic heterocycles. The lowest BCUT2D eigenvalue weighted by Crippen LogP contribution is -2.34. The molecule has 0 aliphatic carbocycles. The van der Waals surface area contributed by atoms with Crippen LogP contribution in [0, 0.1) is 11.3 Å². The predicted octanol–water partition coefficient (Wildman–Crippen LogP) is 2.11. The van der Waals surface area contributed by atoms with Crippen molar-refractivity contribution in [3.8, 4) is 17.6 Å². The molecule has 1 aromatic carbocycles. The van der Waals surface area contributed by atoms with Gasteiger partial charge in [0, 0.05) is 12.5 Å². The molecule has 0 saturated heterocycles. The topological polar surface area (TPSA) is 46.1 Å². The maximum atomic E-state index is 8.88. The van der Waals surface area contributed by atoms with E-state index in [1.807, 2.05) is 41.2 Å². The zero-order valence-electron chi connectivity index (χ0n) is 11.7. The van der Waals surface area contributed by atoms with E-state index in [4.69, 9.17) is 14.7 Å². The molecule has 0 amide bonds. The number of hydrogen-bond acceptors (Lipinski definition) is 3. The van der Waals surface area contributed by atoms with Gasteiger partial charge in [-0.1, -0.05) is 6.07 Å². The molecule has 0 spiro atoms. The van der Waals surface area contributed by atoms with Crippen LogP contribution in [0.3, 0.4) is 0 Å². The smallest absolute Gasteiger partial charge is 0.186 e. The number of aromatic nitrogens is 1. The van der Waals surface area contributed by atoms with Crippen LogP contribution in [0.2, 0.25) is 0 Å². The van der Waals surface area contributed by atoms with Gasteiger partial charge in [-0.25, -0.2) is 4.57 Å². The van der Waals surface area contributed by atoms with Gasteiger partial charge in [-0.3, -0.25) is 0 Å². The molecule has 1 aromatic heterocycles. The van der Waals surface area contributed by atoms with Crippen LogP contribution in [-0.4, -0.2) is 14.2 Å². The molecular formula is C16H17N2O2+. The Bertz CT molecular complexity index is 633. The van der Waals surface area contributed by atoms with Gasteiger partial charge >= 0.3 is 0 Å². The first kappa shape index (κ1) is 13.9. The zero-order valence-corrected chi connectivity index (χ0v) is 11.7. The monoisotopic (exact) mass is 269 g/mol. The molecule has 2 aromatic rings. The standard InChI is InChI=1S/C16H17N2O2/c1-19-15-6-5-13(10-16(15)20-2)7-9-18-8-3-4-14(11-17)12-18/h3-6,8,10,12H,7,9H2,1-2H3/q+1.